The van der Waals surface area contributed by atoms with E-state index >= 15 is 0 Å². The zero-order chi connectivity index (χ0) is 16.2. The van der Waals surface area contributed by atoms with Crippen LogP contribution in [0.15, 0.2) is 67.1 Å². The van der Waals surface area contributed by atoms with Crippen molar-refractivity contribution in [2.45, 2.75) is 12.6 Å². The van der Waals surface area contributed by atoms with E-state index in [1.165, 1.54) is 5.56 Å². The quantitative estimate of drug-likeness (QED) is 0.802. The Morgan fingerprint density at radius 2 is 2.00 bits per heavy atom. The van der Waals surface area contributed by atoms with Crippen LogP contribution in [0.25, 0.3) is 5.69 Å². The van der Waals surface area contributed by atoms with Crippen molar-refractivity contribution in [2.24, 2.45) is 0 Å². The molecule has 1 fully saturated rings. The smallest absolute Gasteiger partial charge is 0.0769 e. The molecule has 0 spiro atoms. The molecule has 0 aliphatic carbocycles. The molecule has 0 bridgehead atoms. The largest absolute Gasteiger partial charge is 0.314 e. The number of pyridine rings is 1. The molecule has 1 aliphatic rings. The Hall–Kier alpha value is -2.50. The number of rotatable bonds is 4. The molecule has 5 heteroatoms. The van der Waals surface area contributed by atoms with Crippen molar-refractivity contribution in [1.82, 2.24) is 25.0 Å². The molecule has 0 saturated carbocycles. The first-order valence-corrected chi connectivity index (χ1v) is 8.35. The lowest BCUT2D eigenvalue weighted by molar-refractivity contribution is 0.151. The van der Waals surface area contributed by atoms with E-state index in [0.717, 1.165) is 37.6 Å². The first-order valence-electron chi connectivity index (χ1n) is 8.35. The standard InChI is InChI=1S/C19H21N5/c1-2-6-18(7-3-1)24-11-8-17(22-24)15-23-12-10-21-14-19(23)16-5-4-9-20-13-16/h1-9,11,13,19,21H,10,12,14-15H2. The fourth-order valence-corrected chi connectivity index (χ4v) is 3.22. The summed E-state index contributed by atoms with van der Waals surface area (Å²) in [5, 5.41) is 8.23. The highest BCUT2D eigenvalue weighted by Gasteiger charge is 2.24. The Labute approximate surface area is 142 Å². The van der Waals surface area contributed by atoms with Gasteiger partial charge >= 0.3 is 0 Å². The van der Waals surface area contributed by atoms with Gasteiger partial charge in [-0.05, 0) is 29.8 Å². The van der Waals surface area contributed by atoms with Crippen LogP contribution < -0.4 is 5.32 Å². The van der Waals surface area contributed by atoms with Gasteiger partial charge in [-0.25, -0.2) is 4.68 Å². The normalized spacial score (nSPS) is 18.6. The van der Waals surface area contributed by atoms with Crippen LogP contribution in [0, 0.1) is 0 Å². The van der Waals surface area contributed by atoms with Crippen LogP contribution in [0.4, 0.5) is 0 Å². The summed E-state index contributed by atoms with van der Waals surface area (Å²) >= 11 is 0. The summed E-state index contributed by atoms with van der Waals surface area (Å²) in [6.07, 6.45) is 5.82. The Bertz CT molecular complexity index is 769. The van der Waals surface area contributed by atoms with Crippen LogP contribution in [0.1, 0.15) is 17.3 Å². The van der Waals surface area contributed by atoms with E-state index in [1.807, 2.05) is 47.5 Å². The molecule has 1 saturated heterocycles. The van der Waals surface area contributed by atoms with Crippen LogP contribution in [0.2, 0.25) is 0 Å². The number of hydrogen-bond donors (Lipinski definition) is 1. The van der Waals surface area contributed by atoms with E-state index in [2.05, 4.69) is 39.5 Å². The molecule has 1 aromatic carbocycles. The van der Waals surface area contributed by atoms with Crippen LogP contribution in [0.5, 0.6) is 0 Å². The van der Waals surface area contributed by atoms with Crippen molar-refractivity contribution in [3.05, 3.63) is 78.4 Å². The molecule has 1 aliphatic heterocycles. The molecule has 3 aromatic rings. The maximum atomic E-state index is 4.74. The zero-order valence-corrected chi connectivity index (χ0v) is 13.5. The molecule has 4 rings (SSSR count). The Morgan fingerprint density at radius 1 is 1.08 bits per heavy atom. The molecular formula is C19H21N5. The SMILES string of the molecule is c1ccc(-n2ccc(CN3CCNCC3c3cccnc3)n2)cc1. The first-order chi connectivity index (χ1) is 11.9. The first kappa shape index (κ1) is 15.1. The minimum Gasteiger partial charge on any atom is -0.314 e. The van der Waals surface area contributed by atoms with Crippen molar-refractivity contribution in [2.75, 3.05) is 19.6 Å². The molecule has 0 amide bonds. The summed E-state index contributed by atoms with van der Waals surface area (Å²) in [7, 11) is 0. The van der Waals surface area contributed by atoms with Crippen molar-refractivity contribution >= 4 is 0 Å². The molecule has 1 unspecified atom stereocenters. The average Bonchev–Trinajstić information content (AvgIpc) is 3.12. The summed E-state index contributed by atoms with van der Waals surface area (Å²) in [6, 6.07) is 16.8. The second-order valence-corrected chi connectivity index (χ2v) is 6.06. The van der Waals surface area contributed by atoms with E-state index in [9.17, 15) is 0 Å². The van der Waals surface area contributed by atoms with Gasteiger partial charge < -0.3 is 5.32 Å². The fourth-order valence-electron chi connectivity index (χ4n) is 3.22. The molecule has 3 heterocycles. The maximum Gasteiger partial charge on any atom is 0.0769 e. The summed E-state index contributed by atoms with van der Waals surface area (Å²) in [4.78, 5) is 6.75. The third kappa shape index (κ3) is 3.22. The van der Waals surface area contributed by atoms with Crippen molar-refractivity contribution in [1.29, 1.82) is 0 Å². The van der Waals surface area contributed by atoms with Gasteiger partial charge in [0, 0.05) is 50.8 Å². The lowest BCUT2D eigenvalue weighted by Gasteiger charge is -2.35. The number of aromatic nitrogens is 3. The van der Waals surface area contributed by atoms with Crippen molar-refractivity contribution in [3.8, 4) is 5.69 Å². The fraction of sp³-hybridized carbons (Fsp3) is 0.263. The minimum absolute atomic E-state index is 0.342. The van der Waals surface area contributed by atoms with Crippen LogP contribution in [0.3, 0.4) is 0 Å². The molecule has 24 heavy (non-hydrogen) atoms. The highest BCUT2D eigenvalue weighted by atomic mass is 15.3. The summed E-state index contributed by atoms with van der Waals surface area (Å²) in [6.45, 7) is 3.82. The van der Waals surface area contributed by atoms with Gasteiger partial charge in [0.1, 0.15) is 0 Å². The maximum absolute atomic E-state index is 4.74. The molecule has 0 radical (unpaired) electrons. The molecule has 5 nitrogen and oxygen atoms in total. The van der Waals surface area contributed by atoms with E-state index in [0.29, 0.717) is 6.04 Å². The van der Waals surface area contributed by atoms with Crippen LogP contribution in [-0.2, 0) is 6.54 Å². The van der Waals surface area contributed by atoms with Gasteiger partial charge in [0.05, 0.1) is 11.4 Å². The highest BCUT2D eigenvalue weighted by Crippen LogP contribution is 2.23. The number of benzene rings is 1. The molecular weight excluding hydrogens is 298 g/mol. The predicted octanol–water partition coefficient (Wildman–Crippen LogP) is 2.41. The predicted molar refractivity (Wildman–Crippen MR) is 93.8 cm³/mol. The van der Waals surface area contributed by atoms with E-state index in [1.54, 1.807) is 0 Å². The average molecular weight is 319 g/mol. The lowest BCUT2D eigenvalue weighted by Crippen LogP contribution is -2.45. The number of nitrogens with one attached hydrogen (secondary N) is 1. The third-order valence-electron chi connectivity index (χ3n) is 4.45. The van der Waals surface area contributed by atoms with Gasteiger partial charge in [0.2, 0.25) is 0 Å². The van der Waals surface area contributed by atoms with Crippen molar-refractivity contribution < 1.29 is 0 Å². The van der Waals surface area contributed by atoms with Gasteiger partial charge in [0.15, 0.2) is 0 Å². The molecule has 122 valence electrons. The molecule has 2 aromatic heterocycles. The van der Waals surface area contributed by atoms with Gasteiger partial charge in [0.25, 0.3) is 0 Å². The van der Waals surface area contributed by atoms with Crippen LogP contribution in [-0.4, -0.2) is 39.3 Å². The van der Waals surface area contributed by atoms with Crippen molar-refractivity contribution in [3.63, 3.8) is 0 Å². The minimum atomic E-state index is 0.342. The van der Waals surface area contributed by atoms with Crippen LogP contribution >= 0.6 is 0 Å². The highest BCUT2D eigenvalue weighted by molar-refractivity contribution is 5.30. The number of piperazine rings is 1. The number of hydrogen-bond acceptors (Lipinski definition) is 4. The topological polar surface area (TPSA) is 46.0 Å². The Balaban J connectivity index is 1.52. The molecule has 1 atom stereocenters. The number of nitrogens with zero attached hydrogens (tertiary/aromatic N) is 4. The lowest BCUT2D eigenvalue weighted by atomic mass is 10.1. The summed E-state index contributed by atoms with van der Waals surface area (Å²) in [5.41, 5.74) is 3.44. The summed E-state index contributed by atoms with van der Waals surface area (Å²) < 4.78 is 1.94. The third-order valence-corrected chi connectivity index (χ3v) is 4.45. The van der Waals surface area contributed by atoms with E-state index in [4.69, 9.17) is 5.10 Å². The number of para-hydroxylation sites is 1. The second-order valence-electron chi connectivity index (χ2n) is 6.06. The Kier molecular flexibility index (Phi) is 4.36. The van der Waals surface area contributed by atoms with Gasteiger partial charge in [-0.15, -0.1) is 0 Å². The van der Waals surface area contributed by atoms with Gasteiger partial charge in [-0.3, -0.25) is 9.88 Å². The van der Waals surface area contributed by atoms with Gasteiger partial charge in [-0.2, -0.15) is 5.10 Å². The molecule has 1 N–H and O–H groups in total. The van der Waals surface area contributed by atoms with Gasteiger partial charge in [-0.1, -0.05) is 24.3 Å². The van der Waals surface area contributed by atoms with E-state index in [-0.39, 0.29) is 0 Å². The summed E-state index contributed by atoms with van der Waals surface area (Å²) in [5.74, 6) is 0. The monoisotopic (exact) mass is 319 g/mol. The second kappa shape index (κ2) is 6.95. The Morgan fingerprint density at radius 3 is 2.83 bits per heavy atom. The van der Waals surface area contributed by atoms with E-state index < -0.39 is 0 Å². The zero-order valence-electron chi connectivity index (χ0n) is 13.5.